The Hall–Kier alpha value is -1.90. The van der Waals surface area contributed by atoms with Crippen LogP contribution in [0.4, 0.5) is 9.39 Å². The summed E-state index contributed by atoms with van der Waals surface area (Å²) < 4.78 is 13.4. The summed E-state index contributed by atoms with van der Waals surface area (Å²) in [6, 6.07) is 8.91. The fraction of sp³-hybridized carbons (Fsp3) is 0.353. The van der Waals surface area contributed by atoms with Crippen LogP contribution in [0.1, 0.15) is 35.4 Å². The summed E-state index contributed by atoms with van der Waals surface area (Å²) >= 11 is 1.52. The topological polar surface area (TPSA) is 53.1 Å². The number of thiophene rings is 1. The zero-order chi connectivity index (χ0) is 15.9. The second-order valence-corrected chi connectivity index (χ2v) is 7.47. The number of hydrogen-bond acceptors (Lipinski definition) is 4. The maximum absolute atomic E-state index is 13.4. The Labute approximate surface area is 133 Å². The molecule has 0 saturated carbocycles. The predicted octanol–water partition coefficient (Wildman–Crippen LogP) is 3.68. The standard InChI is InChI=1S/C17H18FN3S/c1-17(2)7-15-14(13(8-19)16(20)22-15)10-21(17)9-11-4-3-5-12(18)6-11/h3-6H,7,9-10,20H2,1-2H3. The first-order chi connectivity index (χ1) is 10.4. The highest BCUT2D eigenvalue weighted by Gasteiger charge is 2.35. The molecular weight excluding hydrogens is 297 g/mol. The van der Waals surface area contributed by atoms with Crippen LogP contribution in [0, 0.1) is 17.1 Å². The molecular formula is C17H18FN3S. The van der Waals surface area contributed by atoms with Crippen molar-refractivity contribution in [1.82, 2.24) is 4.90 Å². The molecule has 0 radical (unpaired) electrons. The van der Waals surface area contributed by atoms with Gasteiger partial charge in [-0.25, -0.2) is 4.39 Å². The Morgan fingerprint density at radius 2 is 2.23 bits per heavy atom. The first-order valence-corrected chi connectivity index (χ1v) is 8.02. The Balaban J connectivity index is 1.93. The highest BCUT2D eigenvalue weighted by atomic mass is 32.1. The van der Waals surface area contributed by atoms with E-state index in [4.69, 9.17) is 5.73 Å². The minimum absolute atomic E-state index is 0.0522. The number of anilines is 1. The van der Waals surface area contributed by atoms with E-state index in [2.05, 4.69) is 24.8 Å². The maximum Gasteiger partial charge on any atom is 0.123 e. The van der Waals surface area contributed by atoms with E-state index in [9.17, 15) is 9.65 Å². The molecule has 0 unspecified atom stereocenters. The van der Waals surface area contributed by atoms with E-state index in [0.717, 1.165) is 17.5 Å². The van der Waals surface area contributed by atoms with Crippen molar-refractivity contribution in [3.63, 3.8) is 0 Å². The van der Waals surface area contributed by atoms with Crippen molar-refractivity contribution in [1.29, 1.82) is 5.26 Å². The van der Waals surface area contributed by atoms with E-state index in [-0.39, 0.29) is 11.4 Å². The van der Waals surface area contributed by atoms with E-state index in [1.54, 1.807) is 12.1 Å². The minimum Gasteiger partial charge on any atom is -0.389 e. The summed E-state index contributed by atoms with van der Waals surface area (Å²) in [5, 5.41) is 9.92. The van der Waals surface area contributed by atoms with Crippen LogP contribution in [0.2, 0.25) is 0 Å². The summed E-state index contributed by atoms with van der Waals surface area (Å²) in [6.45, 7) is 5.69. The van der Waals surface area contributed by atoms with Gasteiger partial charge in [0, 0.05) is 35.5 Å². The quantitative estimate of drug-likeness (QED) is 0.920. The summed E-state index contributed by atoms with van der Waals surface area (Å²) in [6.07, 6.45) is 0.855. The van der Waals surface area contributed by atoms with E-state index in [0.29, 0.717) is 23.7 Å². The average molecular weight is 315 g/mol. The van der Waals surface area contributed by atoms with Crippen molar-refractivity contribution < 1.29 is 4.39 Å². The molecule has 0 bridgehead atoms. The van der Waals surface area contributed by atoms with Gasteiger partial charge in [0.2, 0.25) is 0 Å². The molecule has 5 heteroatoms. The third-order valence-electron chi connectivity index (χ3n) is 4.29. The van der Waals surface area contributed by atoms with Crippen molar-refractivity contribution in [3.05, 3.63) is 51.7 Å². The van der Waals surface area contributed by atoms with Gasteiger partial charge in [0.15, 0.2) is 0 Å². The number of halogens is 1. The molecule has 0 spiro atoms. The van der Waals surface area contributed by atoms with Crippen LogP contribution in [-0.4, -0.2) is 10.4 Å². The van der Waals surface area contributed by atoms with Gasteiger partial charge in [0.05, 0.1) is 5.56 Å². The molecule has 0 aliphatic carbocycles. The van der Waals surface area contributed by atoms with Crippen LogP contribution in [0.5, 0.6) is 0 Å². The molecule has 1 aromatic heterocycles. The highest BCUT2D eigenvalue weighted by molar-refractivity contribution is 7.16. The molecule has 0 atom stereocenters. The molecule has 1 aliphatic heterocycles. The van der Waals surface area contributed by atoms with Crippen LogP contribution in [-0.2, 0) is 19.5 Å². The third kappa shape index (κ3) is 2.60. The Kier molecular flexibility index (Phi) is 3.67. The molecule has 0 amide bonds. The fourth-order valence-corrected chi connectivity index (χ4v) is 4.25. The summed E-state index contributed by atoms with van der Waals surface area (Å²) in [4.78, 5) is 3.49. The smallest absolute Gasteiger partial charge is 0.123 e. The van der Waals surface area contributed by atoms with Gasteiger partial charge in [-0.15, -0.1) is 11.3 Å². The van der Waals surface area contributed by atoms with Gasteiger partial charge in [-0.05, 0) is 31.5 Å². The maximum atomic E-state index is 13.4. The summed E-state index contributed by atoms with van der Waals surface area (Å²) in [5.41, 5.74) is 8.51. The molecule has 114 valence electrons. The van der Waals surface area contributed by atoms with E-state index < -0.39 is 0 Å². The number of nitrogens with two attached hydrogens (primary N) is 1. The predicted molar refractivity (Wildman–Crippen MR) is 86.9 cm³/mol. The zero-order valence-electron chi connectivity index (χ0n) is 12.7. The van der Waals surface area contributed by atoms with Crippen molar-refractivity contribution >= 4 is 16.3 Å². The highest BCUT2D eigenvalue weighted by Crippen LogP contribution is 2.40. The summed E-state index contributed by atoms with van der Waals surface area (Å²) in [7, 11) is 0. The number of nitriles is 1. The number of benzene rings is 1. The first kappa shape index (κ1) is 15.0. The van der Waals surface area contributed by atoms with Crippen molar-refractivity contribution in [3.8, 4) is 6.07 Å². The number of nitrogens with zero attached hydrogens (tertiary/aromatic N) is 2. The number of rotatable bonds is 2. The van der Waals surface area contributed by atoms with Gasteiger partial charge >= 0.3 is 0 Å². The van der Waals surface area contributed by atoms with Gasteiger partial charge in [-0.1, -0.05) is 12.1 Å². The van der Waals surface area contributed by atoms with Gasteiger partial charge in [0.25, 0.3) is 0 Å². The van der Waals surface area contributed by atoms with E-state index in [1.165, 1.54) is 22.3 Å². The van der Waals surface area contributed by atoms with E-state index >= 15 is 0 Å². The summed E-state index contributed by atoms with van der Waals surface area (Å²) in [5.74, 6) is -0.217. The molecule has 2 N–H and O–H groups in total. The number of nitrogen functional groups attached to an aromatic ring is 1. The molecule has 0 fully saturated rings. The minimum atomic E-state index is -0.217. The van der Waals surface area contributed by atoms with Gasteiger partial charge < -0.3 is 5.73 Å². The van der Waals surface area contributed by atoms with Crippen LogP contribution in [0.15, 0.2) is 24.3 Å². The first-order valence-electron chi connectivity index (χ1n) is 7.20. The molecule has 2 aromatic rings. The average Bonchev–Trinajstić information content (AvgIpc) is 2.72. The Morgan fingerprint density at radius 3 is 2.91 bits per heavy atom. The second kappa shape index (κ2) is 5.38. The van der Waals surface area contributed by atoms with Crippen molar-refractivity contribution in [2.45, 2.75) is 38.9 Å². The molecule has 3 nitrogen and oxygen atoms in total. The molecule has 0 saturated heterocycles. The van der Waals surface area contributed by atoms with Crippen LogP contribution >= 0.6 is 11.3 Å². The van der Waals surface area contributed by atoms with Gasteiger partial charge in [0.1, 0.15) is 16.9 Å². The Morgan fingerprint density at radius 1 is 1.45 bits per heavy atom. The Bertz CT molecular complexity index is 758. The normalized spacial score (nSPS) is 17.0. The van der Waals surface area contributed by atoms with Gasteiger partial charge in [-0.2, -0.15) is 5.26 Å². The molecule has 1 aromatic carbocycles. The van der Waals surface area contributed by atoms with Crippen LogP contribution in [0.3, 0.4) is 0 Å². The number of fused-ring (bicyclic) bond motifs is 1. The van der Waals surface area contributed by atoms with Crippen molar-refractivity contribution in [2.75, 3.05) is 5.73 Å². The lowest BCUT2D eigenvalue weighted by Gasteiger charge is -2.42. The van der Waals surface area contributed by atoms with Crippen LogP contribution in [0.25, 0.3) is 0 Å². The zero-order valence-corrected chi connectivity index (χ0v) is 13.5. The molecule has 1 aliphatic rings. The van der Waals surface area contributed by atoms with Crippen molar-refractivity contribution in [2.24, 2.45) is 0 Å². The third-order valence-corrected chi connectivity index (χ3v) is 5.35. The lowest BCUT2D eigenvalue weighted by atomic mass is 9.89. The lowest BCUT2D eigenvalue weighted by molar-refractivity contribution is 0.0904. The number of hydrogen-bond donors (Lipinski definition) is 1. The van der Waals surface area contributed by atoms with Crippen LogP contribution < -0.4 is 5.73 Å². The van der Waals surface area contributed by atoms with E-state index in [1.807, 2.05) is 6.07 Å². The molecule has 22 heavy (non-hydrogen) atoms. The molecule has 3 rings (SSSR count). The molecule has 2 heterocycles. The lowest BCUT2D eigenvalue weighted by Crippen LogP contribution is -2.47. The van der Waals surface area contributed by atoms with Gasteiger partial charge in [-0.3, -0.25) is 4.90 Å². The second-order valence-electron chi connectivity index (χ2n) is 6.33. The monoisotopic (exact) mass is 315 g/mol. The fourth-order valence-electron chi connectivity index (χ4n) is 3.00. The SMILES string of the molecule is CC1(C)Cc2sc(N)c(C#N)c2CN1Cc1cccc(F)c1. The largest absolute Gasteiger partial charge is 0.389 e.